The Kier molecular flexibility index (Phi) is 3.60. The summed E-state index contributed by atoms with van der Waals surface area (Å²) in [6, 6.07) is 0.620. The number of aromatic nitrogens is 3. The SMILES string of the molecule is Cn1c(OC2CCCCC2)nc2cnc(OC3CC3)c(Cl)c21. The van der Waals surface area contributed by atoms with Crippen LogP contribution >= 0.6 is 11.6 Å². The van der Waals surface area contributed by atoms with Crippen molar-refractivity contribution < 1.29 is 9.47 Å². The Bertz CT molecular complexity index is 690. The van der Waals surface area contributed by atoms with Gasteiger partial charge < -0.3 is 9.47 Å². The molecule has 0 amide bonds. The Labute approximate surface area is 134 Å². The maximum Gasteiger partial charge on any atom is 0.297 e. The third kappa shape index (κ3) is 2.62. The number of hydrogen-bond donors (Lipinski definition) is 0. The monoisotopic (exact) mass is 321 g/mol. The molecule has 2 saturated carbocycles. The molecule has 0 spiro atoms. The number of halogens is 1. The van der Waals surface area contributed by atoms with Crippen LogP contribution in [0.2, 0.25) is 5.02 Å². The van der Waals surface area contributed by atoms with Crippen molar-refractivity contribution in [3.8, 4) is 11.9 Å². The zero-order valence-corrected chi connectivity index (χ0v) is 13.5. The van der Waals surface area contributed by atoms with Gasteiger partial charge in [-0.2, -0.15) is 4.98 Å². The molecule has 0 bridgehead atoms. The summed E-state index contributed by atoms with van der Waals surface area (Å²) in [5, 5.41) is 0.526. The Morgan fingerprint density at radius 2 is 1.82 bits per heavy atom. The van der Waals surface area contributed by atoms with Gasteiger partial charge in [-0.3, -0.25) is 4.57 Å². The lowest BCUT2D eigenvalue weighted by Gasteiger charge is -2.22. The molecule has 2 aliphatic carbocycles. The molecule has 0 aliphatic heterocycles. The first-order valence-electron chi connectivity index (χ1n) is 8.06. The van der Waals surface area contributed by atoms with E-state index in [0.29, 0.717) is 16.9 Å². The highest BCUT2D eigenvalue weighted by Gasteiger charge is 2.27. The number of pyridine rings is 1. The lowest BCUT2D eigenvalue weighted by molar-refractivity contribution is 0.138. The van der Waals surface area contributed by atoms with Crippen molar-refractivity contribution in [3.05, 3.63) is 11.2 Å². The molecule has 2 fully saturated rings. The molecule has 0 atom stereocenters. The van der Waals surface area contributed by atoms with Crippen LogP contribution in [0, 0.1) is 0 Å². The van der Waals surface area contributed by atoms with Crippen LogP contribution in [0.1, 0.15) is 44.9 Å². The highest BCUT2D eigenvalue weighted by Crippen LogP contribution is 2.36. The summed E-state index contributed by atoms with van der Waals surface area (Å²) in [5.41, 5.74) is 1.58. The average molecular weight is 322 g/mol. The highest BCUT2D eigenvalue weighted by molar-refractivity contribution is 6.36. The zero-order valence-electron chi connectivity index (χ0n) is 12.7. The van der Waals surface area contributed by atoms with Gasteiger partial charge in [0.2, 0.25) is 5.88 Å². The largest absolute Gasteiger partial charge is 0.473 e. The second-order valence-electron chi connectivity index (χ2n) is 6.26. The molecule has 4 rings (SSSR count). The van der Waals surface area contributed by atoms with Crippen molar-refractivity contribution in [2.75, 3.05) is 0 Å². The van der Waals surface area contributed by atoms with Crippen LogP contribution in [0.15, 0.2) is 6.20 Å². The summed E-state index contributed by atoms with van der Waals surface area (Å²) >= 11 is 6.47. The Hall–Kier alpha value is -1.49. The lowest BCUT2D eigenvalue weighted by atomic mass is 9.98. The van der Waals surface area contributed by atoms with Gasteiger partial charge in [0.15, 0.2) is 0 Å². The Balaban J connectivity index is 1.64. The van der Waals surface area contributed by atoms with Crippen LogP contribution in [0.5, 0.6) is 11.9 Å². The molecule has 22 heavy (non-hydrogen) atoms. The Morgan fingerprint density at radius 3 is 2.55 bits per heavy atom. The number of aryl methyl sites for hydroxylation is 1. The summed E-state index contributed by atoms with van der Waals surface area (Å²) in [6.07, 6.45) is 10.4. The number of nitrogens with zero attached hydrogens (tertiary/aromatic N) is 3. The third-order valence-corrected chi connectivity index (χ3v) is 4.75. The summed E-state index contributed by atoms with van der Waals surface area (Å²) in [7, 11) is 1.93. The van der Waals surface area contributed by atoms with E-state index in [-0.39, 0.29) is 12.2 Å². The maximum atomic E-state index is 6.47. The molecular formula is C16H20ClN3O2. The minimum absolute atomic E-state index is 0.262. The number of fused-ring (bicyclic) bond motifs is 1. The Morgan fingerprint density at radius 1 is 1.09 bits per heavy atom. The van der Waals surface area contributed by atoms with Crippen LogP contribution in [-0.4, -0.2) is 26.7 Å². The van der Waals surface area contributed by atoms with Gasteiger partial charge in [-0.05, 0) is 38.5 Å². The molecule has 0 unspecified atom stereocenters. The third-order valence-electron chi connectivity index (χ3n) is 4.41. The standard InChI is InChI=1S/C16H20ClN3O2/c1-20-14-12(9-18-15(13(14)17)21-11-7-8-11)19-16(20)22-10-5-3-2-4-6-10/h9-11H,2-8H2,1H3. The minimum Gasteiger partial charge on any atom is -0.473 e. The summed E-state index contributed by atoms with van der Waals surface area (Å²) in [6.45, 7) is 0. The fourth-order valence-electron chi connectivity index (χ4n) is 2.99. The molecule has 2 aliphatic rings. The number of imidazole rings is 1. The van der Waals surface area contributed by atoms with Crippen LogP contribution in [0.3, 0.4) is 0 Å². The molecule has 5 nitrogen and oxygen atoms in total. The summed E-state index contributed by atoms with van der Waals surface area (Å²) in [5.74, 6) is 0.504. The fraction of sp³-hybridized carbons (Fsp3) is 0.625. The average Bonchev–Trinajstić information content (AvgIpc) is 3.28. The topological polar surface area (TPSA) is 49.2 Å². The van der Waals surface area contributed by atoms with Crippen LogP contribution in [0.25, 0.3) is 11.0 Å². The van der Waals surface area contributed by atoms with Gasteiger partial charge in [0, 0.05) is 7.05 Å². The van der Waals surface area contributed by atoms with Crippen LogP contribution < -0.4 is 9.47 Å². The van der Waals surface area contributed by atoms with E-state index >= 15 is 0 Å². The second-order valence-corrected chi connectivity index (χ2v) is 6.64. The van der Waals surface area contributed by atoms with Gasteiger partial charge in [0.05, 0.1) is 11.7 Å². The van der Waals surface area contributed by atoms with E-state index in [1.807, 2.05) is 11.6 Å². The fourth-order valence-corrected chi connectivity index (χ4v) is 3.31. The van der Waals surface area contributed by atoms with Gasteiger partial charge in [0.25, 0.3) is 6.01 Å². The molecule has 0 N–H and O–H groups in total. The molecule has 118 valence electrons. The van der Waals surface area contributed by atoms with Crippen LogP contribution in [-0.2, 0) is 7.05 Å². The van der Waals surface area contributed by atoms with Crippen LogP contribution in [0.4, 0.5) is 0 Å². The number of hydrogen-bond acceptors (Lipinski definition) is 4. The van der Waals surface area contributed by atoms with Gasteiger partial charge in [-0.25, -0.2) is 4.98 Å². The van der Waals surface area contributed by atoms with E-state index in [1.165, 1.54) is 19.3 Å². The van der Waals surface area contributed by atoms with Crippen molar-refractivity contribution in [2.45, 2.75) is 57.2 Å². The predicted molar refractivity (Wildman–Crippen MR) is 84.7 cm³/mol. The zero-order chi connectivity index (χ0) is 15.1. The highest BCUT2D eigenvalue weighted by atomic mass is 35.5. The van der Waals surface area contributed by atoms with Crippen molar-refractivity contribution in [1.82, 2.24) is 14.5 Å². The second kappa shape index (κ2) is 5.61. The van der Waals surface area contributed by atoms with E-state index < -0.39 is 0 Å². The van der Waals surface area contributed by atoms with Gasteiger partial charge in [-0.15, -0.1) is 0 Å². The molecule has 0 aromatic carbocycles. The smallest absolute Gasteiger partial charge is 0.297 e. The molecule has 2 aromatic rings. The number of rotatable bonds is 4. The molecular weight excluding hydrogens is 302 g/mol. The minimum atomic E-state index is 0.262. The molecule has 0 saturated heterocycles. The van der Waals surface area contributed by atoms with E-state index in [9.17, 15) is 0 Å². The first-order valence-corrected chi connectivity index (χ1v) is 8.44. The van der Waals surface area contributed by atoms with Gasteiger partial charge in [-0.1, -0.05) is 18.0 Å². The van der Waals surface area contributed by atoms with E-state index in [0.717, 1.165) is 36.7 Å². The predicted octanol–water partition coefficient (Wildman–Crippen LogP) is 3.87. The van der Waals surface area contributed by atoms with E-state index in [4.69, 9.17) is 21.1 Å². The number of ether oxygens (including phenoxy) is 2. The van der Waals surface area contributed by atoms with Gasteiger partial charge in [0.1, 0.15) is 22.7 Å². The molecule has 6 heteroatoms. The normalized spacial score (nSPS) is 19.5. The van der Waals surface area contributed by atoms with Crippen molar-refractivity contribution >= 4 is 22.6 Å². The summed E-state index contributed by atoms with van der Waals surface area (Å²) < 4.78 is 13.7. The maximum absolute atomic E-state index is 6.47. The van der Waals surface area contributed by atoms with Crippen molar-refractivity contribution in [3.63, 3.8) is 0 Å². The quantitative estimate of drug-likeness (QED) is 0.857. The van der Waals surface area contributed by atoms with Crippen molar-refractivity contribution in [1.29, 1.82) is 0 Å². The summed E-state index contributed by atoms with van der Waals surface area (Å²) in [4.78, 5) is 8.84. The molecule has 0 radical (unpaired) electrons. The molecule has 2 heterocycles. The first-order chi connectivity index (χ1) is 10.7. The first kappa shape index (κ1) is 14.1. The van der Waals surface area contributed by atoms with E-state index in [2.05, 4.69) is 9.97 Å². The van der Waals surface area contributed by atoms with Gasteiger partial charge >= 0.3 is 0 Å². The lowest BCUT2D eigenvalue weighted by Crippen LogP contribution is -2.21. The molecule has 2 aromatic heterocycles. The van der Waals surface area contributed by atoms with Crippen molar-refractivity contribution in [2.24, 2.45) is 7.05 Å². The van der Waals surface area contributed by atoms with E-state index in [1.54, 1.807) is 6.20 Å².